The summed E-state index contributed by atoms with van der Waals surface area (Å²) in [5.74, 6) is -1.84. The number of carboxylic acid groups (broad SMARTS) is 1. The Kier molecular flexibility index (Phi) is 12.0. The molecule has 0 aliphatic carbocycles. The Morgan fingerprint density at radius 3 is 1.96 bits per heavy atom. The SMILES string of the molecule is CC(C)(C)OC(=O)N(CCNC(=O)CCOC=O)CCNC(=O)CCC(=O)O. The van der Waals surface area contributed by atoms with Crippen molar-refractivity contribution >= 4 is 30.3 Å². The van der Waals surface area contributed by atoms with Gasteiger partial charge < -0.3 is 30.1 Å². The van der Waals surface area contributed by atoms with E-state index < -0.39 is 23.6 Å². The first kappa shape index (κ1) is 25.1. The number of rotatable bonds is 13. The zero-order valence-electron chi connectivity index (χ0n) is 16.5. The minimum Gasteiger partial charge on any atom is -0.481 e. The lowest BCUT2D eigenvalue weighted by Gasteiger charge is -2.27. The molecule has 0 radical (unpaired) electrons. The van der Waals surface area contributed by atoms with E-state index in [9.17, 15) is 24.0 Å². The van der Waals surface area contributed by atoms with Crippen LogP contribution >= 0.6 is 0 Å². The largest absolute Gasteiger partial charge is 0.481 e. The van der Waals surface area contributed by atoms with Crippen molar-refractivity contribution < 1.29 is 38.6 Å². The average molecular weight is 403 g/mol. The maximum absolute atomic E-state index is 12.3. The van der Waals surface area contributed by atoms with Gasteiger partial charge in [-0.1, -0.05) is 0 Å². The molecule has 0 saturated heterocycles. The van der Waals surface area contributed by atoms with Crippen molar-refractivity contribution in [3.05, 3.63) is 0 Å². The fourth-order valence-electron chi connectivity index (χ4n) is 1.88. The van der Waals surface area contributed by atoms with Gasteiger partial charge in [-0.15, -0.1) is 0 Å². The average Bonchev–Trinajstić information content (AvgIpc) is 2.57. The molecule has 0 aliphatic rings. The summed E-state index contributed by atoms with van der Waals surface area (Å²) in [7, 11) is 0. The van der Waals surface area contributed by atoms with Crippen LogP contribution in [-0.4, -0.2) is 78.7 Å². The number of carbonyl (C=O) groups excluding carboxylic acids is 4. The minimum absolute atomic E-state index is 0.00477. The van der Waals surface area contributed by atoms with Crippen molar-refractivity contribution in [3.63, 3.8) is 0 Å². The normalized spacial score (nSPS) is 10.5. The fraction of sp³-hybridized carbons (Fsp3) is 0.706. The van der Waals surface area contributed by atoms with Crippen LogP contribution in [0.15, 0.2) is 0 Å². The highest BCUT2D eigenvalue weighted by atomic mass is 16.6. The van der Waals surface area contributed by atoms with E-state index in [0.717, 1.165) is 0 Å². The summed E-state index contributed by atoms with van der Waals surface area (Å²) >= 11 is 0. The van der Waals surface area contributed by atoms with Crippen molar-refractivity contribution in [2.24, 2.45) is 0 Å². The quantitative estimate of drug-likeness (QED) is 0.284. The van der Waals surface area contributed by atoms with Gasteiger partial charge in [0.1, 0.15) is 5.60 Å². The molecule has 0 unspecified atom stereocenters. The fourth-order valence-corrected chi connectivity index (χ4v) is 1.88. The molecule has 0 aromatic rings. The molecule has 11 heteroatoms. The molecule has 0 spiro atoms. The van der Waals surface area contributed by atoms with Crippen LogP contribution in [0.5, 0.6) is 0 Å². The third-order valence-corrected chi connectivity index (χ3v) is 3.14. The maximum atomic E-state index is 12.3. The summed E-state index contributed by atoms with van der Waals surface area (Å²) in [5, 5.41) is 13.7. The molecule has 0 bridgehead atoms. The Bertz CT molecular complexity index is 545. The van der Waals surface area contributed by atoms with E-state index in [1.807, 2.05) is 0 Å². The number of nitrogens with one attached hydrogen (secondary N) is 2. The number of carbonyl (C=O) groups is 5. The molecule has 0 saturated carbocycles. The molecular formula is C17H29N3O8. The van der Waals surface area contributed by atoms with Crippen molar-refractivity contribution in [3.8, 4) is 0 Å². The van der Waals surface area contributed by atoms with Crippen LogP contribution in [0.4, 0.5) is 4.79 Å². The van der Waals surface area contributed by atoms with E-state index in [4.69, 9.17) is 9.84 Å². The zero-order chi connectivity index (χ0) is 21.6. The van der Waals surface area contributed by atoms with Crippen LogP contribution in [0.2, 0.25) is 0 Å². The Hall–Kier alpha value is -2.85. The summed E-state index contributed by atoms with van der Waals surface area (Å²) in [6.07, 6.45) is -1.03. The molecule has 0 aliphatic heterocycles. The summed E-state index contributed by atoms with van der Waals surface area (Å²) in [6.45, 7) is 5.88. The number of carboxylic acids is 1. The topological polar surface area (TPSA) is 151 Å². The molecule has 0 rings (SSSR count). The van der Waals surface area contributed by atoms with Crippen molar-refractivity contribution in [1.82, 2.24) is 15.5 Å². The highest BCUT2D eigenvalue weighted by molar-refractivity contribution is 5.80. The smallest absolute Gasteiger partial charge is 0.410 e. The molecule has 3 N–H and O–H groups in total. The van der Waals surface area contributed by atoms with Gasteiger partial charge in [0.2, 0.25) is 11.8 Å². The van der Waals surface area contributed by atoms with Gasteiger partial charge in [-0.25, -0.2) is 4.79 Å². The second-order valence-electron chi connectivity index (χ2n) is 6.78. The van der Waals surface area contributed by atoms with Crippen LogP contribution in [0, 0.1) is 0 Å². The molecule has 11 nitrogen and oxygen atoms in total. The number of hydrogen-bond acceptors (Lipinski definition) is 7. The second kappa shape index (κ2) is 13.3. The summed E-state index contributed by atoms with van der Waals surface area (Å²) in [5.41, 5.74) is -0.713. The number of aliphatic carboxylic acids is 1. The van der Waals surface area contributed by atoms with Gasteiger partial charge in [0.25, 0.3) is 6.47 Å². The number of hydrogen-bond donors (Lipinski definition) is 3. The Labute approximate surface area is 163 Å². The molecule has 160 valence electrons. The summed E-state index contributed by atoms with van der Waals surface area (Å²) < 4.78 is 9.73. The van der Waals surface area contributed by atoms with Gasteiger partial charge in [-0.3, -0.25) is 19.2 Å². The monoisotopic (exact) mass is 403 g/mol. The van der Waals surface area contributed by atoms with E-state index in [1.165, 1.54) is 4.90 Å². The second-order valence-corrected chi connectivity index (χ2v) is 6.78. The molecule has 28 heavy (non-hydrogen) atoms. The lowest BCUT2D eigenvalue weighted by Crippen LogP contribution is -2.44. The molecule has 0 aromatic carbocycles. The Morgan fingerprint density at radius 2 is 1.50 bits per heavy atom. The van der Waals surface area contributed by atoms with Gasteiger partial charge in [-0.2, -0.15) is 0 Å². The molecule has 0 atom stereocenters. The van der Waals surface area contributed by atoms with Crippen LogP contribution in [-0.2, 0) is 28.7 Å². The first-order valence-corrected chi connectivity index (χ1v) is 8.83. The lowest BCUT2D eigenvalue weighted by molar-refractivity contribution is -0.138. The maximum Gasteiger partial charge on any atom is 0.410 e. The van der Waals surface area contributed by atoms with Gasteiger partial charge in [-0.05, 0) is 20.8 Å². The lowest BCUT2D eigenvalue weighted by atomic mass is 10.2. The van der Waals surface area contributed by atoms with E-state index in [-0.39, 0.29) is 64.4 Å². The molecule has 0 heterocycles. The van der Waals surface area contributed by atoms with Crippen molar-refractivity contribution in [2.75, 3.05) is 32.8 Å². The van der Waals surface area contributed by atoms with Crippen LogP contribution in [0.3, 0.4) is 0 Å². The summed E-state index contributed by atoms with van der Waals surface area (Å²) in [6, 6.07) is 0. The van der Waals surface area contributed by atoms with Crippen LogP contribution in [0.1, 0.15) is 40.0 Å². The highest BCUT2D eigenvalue weighted by Crippen LogP contribution is 2.09. The number of nitrogens with zero attached hydrogens (tertiary/aromatic N) is 1. The van der Waals surface area contributed by atoms with E-state index in [0.29, 0.717) is 0 Å². The number of ether oxygens (including phenoxy) is 2. The van der Waals surface area contributed by atoms with Gasteiger partial charge in [0.05, 0.1) is 19.4 Å². The van der Waals surface area contributed by atoms with E-state index in [1.54, 1.807) is 20.8 Å². The van der Waals surface area contributed by atoms with Gasteiger partial charge in [0.15, 0.2) is 0 Å². The molecular weight excluding hydrogens is 374 g/mol. The highest BCUT2D eigenvalue weighted by Gasteiger charge is 2.22. The molecule has 0 fully saturated rings. The number of amides is 3. The van der Waals surface area contributed by atoms with E-state index in [2.05, 4.69) is 15.4 Å². The standard InChI is InChI=1S/C17H29N3O8/c1-17(2,3)28-16(26)20(9-7-18-13(22)4-5-15(24)25)10-8-19-14(23)6-11-27-12-21/h12H,4-11H2,1-3H3,(H,18,22)(H,19,23)(H,24,25). The first-order valence-electron chi connectivity index (χ1n) is 8.83. The predicted molar refractivity (Wildman–Crippen MR) is 97.3 cm³/mol. The van der Waals surface area contributed by atoms with Crippen LogP contribution in [0.25, 0.3) is 0 Å². The summed E-state index contributed by atoms with van der Waals surface area (Å²) in [4.78, 5) is 57.2. The Morgan fingerprint density at radius 1 is 0.964 bits per heavy atom. The Balaban J connectivity index is 4.48. The third-order valence-electron chi connectivity index (χ3n) is 3.14. The van der Waals surface area contributed by atoms with Crippen molar-refractivity contribution in [1.29, 1.82) is 0 Å². The predicted octanol–water partition coefficient (Wildman–Crippen LogP) is -0.116. The van der Waals surface area contributed by atoms with Crippen LogP contribution < -0.4 is 10.6 Å². The van der Waals surface area contributed by atoms with Gasteiger partial charge in [0, 0.05) is 32.6 Å². The van der Waals surface area contributed by atoms with E-state index >= 15 is 0 Å². The zero-order valence-corrected chi connectivity index (χ0v) is 16.5. The third kappa shape index (κ3) is 14.3. The molecule has 3 amide bonds. The van der Waals surface area contributed by atoms with Crippen molar-refractivity contribution in [2.45, 2.75) is 45.6 Å². The first-order chi connectivity index (χ1) is 13.0. The molecule has 0 aromatic heterocycles. The van der Waals surface area contributed by atoms with Gasteiger partial charge >= 0.3 is 12.1 Å². The minimum atomic E-state index is -1.07.